The number of nitrogens with one attached hydrogen (secondary N) is 1. The lowest BCUT2D eigenvalue weighted by Crippen LogP contribution is -2.42. The number of hydrogen-bond acceptors (Lipinski definition) is 3. The molecule has 1 N–H and O–H groups in total. The first kappa shape index (κ1) is 14.8. The van der Waals surface area contributed by atoms with E-state index in [1.165, 1.54) is 11.3 Å². The molecule has 0 radical (unpaired) electrons. The second-order valence-corrected chi connectivity index (χ2v) is 8.42. The summed E-state index contributed by atoms with van der Waals surface area (Å²) in [6, 6.07) is 8.32. The molecule has 1 unspecified atom stereocenters. The Morgan fingerprint density at radius 2 is 2.14 bits per heavy atom. The van der Waals surface area contributed by atoms with E-state index in [-0.39, 0.29) is 5.92 Å². The van der Waals surface area contributed by atoms with Gasteiger partial charge < -0.3 is 10.2 Å². The van der Waals surface area contributed by atoms with Crippen molar-refractivity contribution >= 4 is 23.4 Å². The van der Waals surface area contributed by atoms with Gasteiger partial charge in [-0.15, -0.1) is 0 Å². The molecule has 114 valence electrons. The first-order valence-electron chi connectivity index (χ1n) is 7.80. The molecule has 0 bridgehead atoms. The van der Waals surface area contributed by atoms with Crippen LogP contribution >= 0.6 is 11.8 Å². The summed E-state index contributed by atoms with van der Waals surface area (Å²) in [5.74, 6) is 1.47. The second kappa shape index (κ2) is 5.91. The summed E-state index contributed by atoms with van der Waals surface area (Å²) < 4.78 is 0.298. The van der Waals surface area contributed by atoms with Gasteiger partial charge in [0, 0.05) is 35.8 Å². The molecule has 0 spiro atoms. The fourth-order valence-electron chi connectivity index (χ4n) is 3.12. The normalized spacial score (nSPS) is 24.7. The second-order valence-electron chi connectivity index (χ2n) is 6.62. The number of carbonyl (C=O) groups excluding carboxylic acids is 1. The van der Waals surface area contributed by atoms with Crippen LogP contribution in [0.4, 0.5) is 5.69 Å². The summed E-state index contributed by atoms with van der Waals surface area (Å²) in [4.78, 5) is 14.9. The van der Waals surface area contributed by atoms with Crippen LogP contribution in [0.5, 0.6) is 0 Å². The fraction of sp³-hybridized carbons (Fsp3) is 0.588. The van der Waals surface area contributed by atoms with Crippen LogP contribution in [0.15, 0.2) is 24.3 Å². The number of nitrogens with zero attached hydrogens (tertiary/aromatic N) is 1. The molecule has 0 saturated carbocycles. The number of thioether (sulfide) groups is 1. The molecular formula is C17H24N2OS. The number of anilines is 1. The standard InChI is InChI=1S/C17H24N2OS/c1-17(2)7-8-19(9-10-21-17)16(20)14-11-13-5-3-4-6-15(13)18-12-14/h3-6,14,18H,7-12H2,1-2H3. The molecule has 2 heterocycles. The van der Waals surface area contributed by atoms with E-state index in [4.69, 9.17) is 0 Å². The maximum absolute atomic E-state index is 12.8. The van der Waals surface area contributed by atoms with Gasteiger partial charge in [0.1, 0.15) is 0 Å². The molecule has 21 heavy (non-hydrogen) atoms. The molecule has 1 aromatic rings. The highest BCUT2D eigenvalue weighted by molar-refractivity contribution is 8.00. The average molecular weight is 304 g/mol. The number of rotatable bonds is 1. The Labute approximate surface area is 131 Å². The Bertz CT molecular complexity index is 529. The number of amides is 1. The zero-order chi connectivity index (χ0) is 14.9. The smallest absolute Gasteiger partial charge is 0.227 e. The summed E-state index contributed by atoms with van der Waals surface area (Å²) >= 11 is 1.99. The van der Waals surface area contributed by atoms with Crippen LogP contribution in [0.1, 0.15) is 25.8 Å². The van der Waals surface area contributed by atoms with Crippen molar-refractivity contribution in [3.05, 3.63) is 29.8 Å². The minimum atomic E-state index is 0.0890. The molecule has 2 aliphatic heterocycles. The maximum Gasteiger partial charge on any atom is 0.227 e. The number of carbonyl (C=O) groups is 1. The third-order valence-electron chi connectivity index (χ3n) is 4.52. The Hall–Kier alpha value is -1.16. The molecular weight excluding hydrogens is 280 g/mol. The van der Waals surface area contributed by atoms with Gasteiger partial charge in [-0.25, -0.2) is 0 Å². The number of fused-ring (bicyclic) bond motifs is 1. The van der Waals surface area contributed by atoms with Crippen LogP contribution in [-0.2, 0) is 11.2 Å². The van der Waals surface area contributed by atoms with Gasteiger partial charge in [0.25, 0.3) is 0 Å². The van der Waals surface area contributed by atoms with Crippen molar-refractivity contribution < 1.29 is 4.79 Å². The molecule has 1 fully saturated rings. The van der Waals surface area contributed by atoms with Crippen molar-refractivity contribution in [3.8, 4) is 0 Å². The van der Waals surface area contributed by atoms with Gasteiger partial charge in [0.2, 0.25) is 5.91 Å². The molecule has 1 atom stereocenters. The van der Waals surface area contributed by atoms with E-state index in [1.807, 2.05) is 17.8 Å². The van der Waals surface area contributed by atoms with E-state index in [9.17, 15) is 4.79 Å². The minimum Gasteiger partial charge on any atom is -0.384 e. The zero-order valence-corrected chi connectivity index (χ0v) is 13.7. The average Bonchev–Trinajstić information content (AvgIpc) is 2.67. The van der Waals surface area contributed by atoms with Crippen LogP contribution in [0.3, 0.4) is 0 Å². The van der Waals surface area contributed by atoms with Crippen molar-refractivity contribution in [1.82, 2.24) is 4.90 Å². The van der Waals surface area contributed by atoms with Crippen LogP contribution in [-0.4, -0.2) is 40.9 Å². The maximum atomic E-state index is 12.8. The van der Waals surface area contributed by atoms with E-state index >= 15 is 0 Å². The largest absolute Gasteiger partial charge is 0.384 e. The van der Waals surface area contributed by atoms with Crippen molar-refractivity contribution in [1.29, 1.82) is 0 Å². The molecule has 1 amide bonds. The highest BCUT2D eigenvalue weighted by Gasteiger charge is 2.31. The lowest BCUT2D eigenvalue weighted by atomic mass is 9.92. The summed E-state index contributed by atoms with van der Waals surface area (Å²) in [5.41, 5.74) is 2.46. The summed E-state index contributed by atoms with van der Waals surface area (Å²) in [6.45, 7) is 7.12. The van der Waals surface area contributed by atoms with Gasteiger partial charge in [-0.3, -0.25) is 4.79 Å². The Balaban J connectivity index is 1.66. The quantitative estimate of drug-likeness (QED) is 0.865. The Morgan fingerprint density at radius 3 is 3.00 bits per heavy atom. The molecule has 0 aliphatic carbocycles. The van der Waals surface area contributed by atoms with Gasteiger partial charge in [-0.2, -0.15) is 11.8 Å². The van der Waals surface area contributed by atoms with E-state index in [1.54, 1.807) is 0 Å². The molecule has 1 saturated heterocycles. The van der Waals surface area contributed by atoms with E-state index in [0.717, 1.165) is 38.2 Å². The lowest BCUT2D eigenvalue weighted by Gasteiger charge is -2.30. The third kappa shape index (κ3) is 3.37. The first-order chi connectivity index (χ1) is 10.1. The number of hydrogen-bond donors (Lipinski definition) is 1. The van der Waals surface area contributed by atoms with Crippen molar-refractivity contribution in [2.24, 2.45) is 5.92 Å². The molecule has 3 nitrogen and oxygen atoms in total. The van der Waals surface area contributed by atoms with Gasteiger partial charge in [0.15, 0.2) is 0 Å². The lowest BCUT2D eigenvalue weighted by molar-refractivity contribution is -0.135. The van der Waals surface area contributed by atoms with E-state index in [2.05, 4.69) is 42.3 Å². The van der Waals surface area contributed by atoms with Crippen LogP contribution in [0.2, 0.25) is 0 Å². The van der Waals surface area contributed by atoms with Gasteiger partial charge >= 0.3 is 0 Å². The molecule has 0 aromatic heterocycles. The van der Waals surface area contributed by atoms with E-state index in [0.29, 0.717) is 10.7 Å². The number of benzene rings is 1. The van der Waals surface area contributed by atoms with Crippen molar-refractivity contribution in [3.63, 3.8) is 0 Å². The topological polar surface area (TPSA) is 32.3 Å². The molecule has 2 aliphatic rings. The van der Waals surface area contributed by atoms with Crippen molar-refractivity contribution in [2.45, 2.75) is 31.4 Å². The summed E-state index contributed by atoms with van der Waals surface area (Å²) in [7, 11) is 0. The van der Waals surface area contributed by atoms with Crippen molar-refractivity contribution in [2.75, 3.05) is 30.7 Å². The monoisotopic (exact) mass is 304 g/mol. The highest BCUT2D eigenvalue weighted by atomic mass is 32.2. The van der Waals surface area contributed by atoms with E-state index < -0.39 is 0 Å². The SMILES string of the molecule is CC1(C)CCN(C(=O)C2CNc3ccccc3C2)CCS1. The van der Waals surface area contributed by atoms with Gasteiger partial charge in [-0.1, -0.05) is 32.0 Å². The van der Waals surface area contributed by atoms with Crippen LogP contribution < -0.4 is 5.32 Å². The Morgan fingerprint density at radius 1 is 1.33 bits per heavy atom. The zero-order valence-electron chi connectivity index (χ0n) is 12.9. The predicted molar refractivity (Wildman–Crippen MR) is 89.9 cm³/mol. The first-order valence-corrected chi connectivity index (χ1v) is 8.78. The molecule has 1 aromatic carbocycles. The summed E-state index contributed by atoms with van der Waals surface area (Å²) in [6.07, 6.45) is 1.95. The van der Waals surface area contributed by atoms with Crippen LogP contribution in [0.25, 0.3) is 0 Å². The molecule has 3 rings (SSSR count). The third-order valence-corrected chi connectivity index (χ3v) is 5.89. The number of para-hydroxylation sites is 1. The Kier molecular flexibility index (Phi) is 4.16. The van der Waals surface area contributed by atoms with Gasteiger partial charge in [-0.05, 0) is 24.5 Å². The summed E-state index contributed by atoms with van der Waals surface area (Å²) in [5, 5.41) is 3.41. The van der Waals surface area contributed by atoms with Crippen LogP contribution in [0, 0.1) is 5.92 Å². The van der Waals surface area contributed by atoms with Gasteiger partial charge in [0.05, 0.1) is 5.92 Å². The minimum absolute atomic E-state index is 0.0890. The fourth-order valence-corrected chi connectivity index (χ4v) is 4.21. The molecule has 4 heteroatoms. The predicted octanol–water partition coefficient (Wildman–Crippen LogP) is 3.01. The highest BCUT2D eigenvalue weighted by Crippen LogP contribution is 2.32.